The molecule has 0 bridgehead atoms. The highest BCUT2D eigenvalue weighted by Crippen LogP contribution is 2.28. The smallest absolute Gasteiger partial charge is 0.251 e. The van der Waals surface area contributed by atoms with E-state index in [4.69, 9.17) is 9.47 Å². The fraction of sp³-hybridized carbons (Fsp3) is 0.316. The third kappa shape index (κ3) is 4.89. The standard InChI is InChI=1S/C19H20F2N2O5S/c1-27-17-3-2-14(10-18(17)29(25,26)23-4-6-28-7-5-23)19(24)22-12-13-8-15(20)11-16(21)9-13/h2-3,8-11H,4-7,12H2,1H3,(H,22,24). The number of halogens is 2. The van der Waals surface area contributed by atoms with Crippen LogP contribution in [0.15, 0.2) is 41.3 Å². The topological polar surface area (TPSA) is 84.9 Å². The van der Waals surface area contributed by atoms with E-state index in [1.54, 1.807) is 0 Å². The second-order valence-electron chi connectivity index (χ2n) is 6.34. The number of carbonyl (C=O) groups is 1. The Morgan fingerprint density at radius 3 is 2.41 bits per heavy atom. The van der Waals surface area contributed by atoms with Crippen molar-refractivity contribution < 1.29 is 31.5 Å². The number of morpholine rings is 1. The number of carbonyl (C=O) groups excluding carboxylic acids is 1. The van der Waals surface area contributed by atoms with Gasteiger partial charge in [-0.25, -0.2) is 17.2 Å². The second-order valence-corrected chi connectivity index (χ2v) is 8.25. The normalized spacial score (nSPS) is 15.1. The van der Waals surface area contributed by atoms with E-state index in [-0.39, 0.29) is 54.6 Å². The van der Waals surface area contributed by atoms with Gasteiger partial charge in [0.05, 0.1) is 20.3 Å². The summed E-state index contributed by atoms with van der Waals surface area (Å²) >= 11 is 0. The number of benzene rings is 2. The number of amides is 1. The minimum atomic E-state index is -3.89. The molecule has 3 rings (SSSR count). The first-order valence-corrected chi connectivity index (χ1v) is 10.2. The summed E-state index contributed by atoms with van der Waals surface area (Å²) in [7, 11) is -2.55. The SMILES string of the molecule is COc1ccc(C(=O)NCc2cc(F)cc(F)c2)cc1S(=O)(=O)N1CCOCC1. The van der Waals surface area contributed by atoms with Crippen molar-refractivity contribution in [2.75, 3.05) is 33.4 Å². The first-order chi connectivity index (χ1) is 13.8. The maximum atomic E-state index is 13.3. The molecular formula is C19H20F2N2O5S. The third-order valence-corrected chi connectivity index (χ3v) is 6.31. The van der Waals surface area contributed by atoms with Crippen LogP contribution in [-0.4, -0.2) is 52.0 Å². The van der Waals surface area contributed by atoms with Gasteiger partial charge >= 0.3 is 0 Å². The molecule has 1 N–H and O–H groups in total. The monoisotopic (exact) mass is 426 g/mol. The van der Waals surface area contributed by atoms with Gasteiger partial charge in [0.1, 0.15) is 22.3 Å². The van der Waals surface area contributed by atoms with E-state index in [9.17, 15) is 22.0 Å². The molecule has 0 atom stereocenters. The van der Waals surface area contributed by atoms with Crippen LogP contribution in [0.2, 0.25) is 0 Å². The van der Waals surface area contributed by atoms with Crippen LogP contribution in [0.1, 0.15) is 15.9 Å². The van der Waals surface area contributed by atoms with Crippen molar-refractivity contribution in [2.45, 2.75) is 11.4 Å². The van der Waals surface area contributed by atoms with Crippen molar-refractivity contribution in [3.63, 3.8) is 0 Å². The Morgan fingerprint density at radius 1 is 1.14 bits per heavy atom. The molecule has 1 saturated heterocycles. The van der Waals surface area contributed by atoms with Crippen molar-refractivity contribution in [2.24, 2.45) is 0 Å². The van der Waals surface area contributed by atoms with Crippen molar-refractivity contribution in [3.05, 3.63) is 59.2 Å². The lowest BCUT2D eigenvalue weighted by Crippen LogP contribution is -2.40. The van der Waals surface area contributed by atoms with Crippen molar-refractivity contribution in [3.8, 4) is 5.75 Å². The zero-order valence-electron chi connectivity index (χ0n) is 15.7. The van der Waals surface area contributed by atoms with Crippen LogP contribution in [0.25, 0.3) is 0 Å². The number of nitrogens with one attached hydrogen (secondary N) is 1. The third-order valence-electron chi connectivity index (χ3n) is 4.39. The van der Waals surface area contributed by atoms with Crippen LogP contribution >= 0.6 is 0 Å². The average molecular weight is 426 g/mol. The lowest BCUT2D eigenvalue weighted by molar-refractivity contribution is 0.0729. The van der Waals surface area contributed by atoms with E-state index in [0.29, 0.717) is 0 Å². The summed E-state index contributed by atoms with van der Waals surface area (Å²) in [6, 6.07) is 6.98. The average Bonchev–Trinajstić information content (AvgIpc) is 2.71. The minimum absolute atomic E-state index is 0.0782. The molecule has 0 spiro atoms. The summed E-state index contributed by atoms with van der Waals surface area (Å²) in [5, 5.41) is 2.52. The quantitative estimate of drug-likeness (QED) is 0.763. The van der Waals surface area contributed by atoms with Gasteiger partial charge in [-0.05, 0) is 35.9 Å². The van der Waals surface area contributed by atoms with Gasteiger partial charge < -0.3 is 14.8 Å². The van der Waals surface area contributed by atoms with Crippen LogP contribution in [0.3, 0.4) is 0 Å². The first-order valence-electron chi connectivity index (χ1n) is 8.80. The van der Waals surface area contributed by atoms with Gasteiger partial charge in [-0.2, -0.15) is 4.31 Å². The zero-order valence-corrected chi connectivity index (χ0v) is 16.5. The van der Waals surface area contributed by atoms with Crippen LogP contribution in [0, 0.1) is 11.6 Å². The predicted molar refractivity (Wildman–Crippen MR) is 100 cm³/mol. The van der Waals surface area contributed by atoms with Gasteiger partial charge in [0, 0.05) is 31.3 Å². The number of methoxy groups -OCH3 is 1. The molecular weight excluding hydrogens is 406 g/mol. The number of sulfonamides is 1. The van der Waals surface area contributed by atoms with Crippen LogP contribution in [-0.2, 0) is 21.3 Å². The van der Waals surface area contributed by atoms with Gasteiger partial charge in [0.15, 0.2) is 0 Å². The maximum Gasteiger partial charge on any atom is 0.251 e. The predicted octanol–water partition coefficient (Wildman–Crippen LogP) is 1.92. The molecule has 0 aromatic heterocycles. The lowest BCUT2D eigenvalue weighted by atomic mass is 10.1. The summed E-state index contributed by atoms with van der Waals surface area (Å²) in [5.74, 6) is -1.98. The molecule has 10 heteroatoms. The molecule has 7 nitrogen and oxygen atoms in total. The summed E-state index contributed by atoms with van der Waals surface area (Å²) < 4.78 is 64.1. The fourth-order valence-electron chi connectivity index (χ4n) is 2.94. The second kappa shape index (κ2) is 8.85. The Kier molecular flexibility index (Phi) is 6.46. The highest BCUT2D eigenvalue weighted by atomic mass is 32.2. The Labute approximate surface area is 167 Å². The molecule has 2 aromatic carbocycles. The molecule has 1 amide bonds. The molecule has 2 aromatic rings. The molecule has 156 valence electrons. The van der Waals surface area contributed by atoms with Crippen LogP contribution in [0.4, 0.5) is 8.78 Å². The molecule has 1 fully saturated rings. The Morgan fingerprint density at radius 2 is 1.79 bits per heavy atom. The molecule has 0 radical (unpaired) electrons. The number of ether oxygens (including phenoxy) is 2. The van der Waals surface area contributed by atoms with E-state index in [1.807, 2.05) is 0 Å². The summed E-state index contributed by atoms with van der Waals surface area (Å²) in [6.07, 6.45) is 0. The number of nitrogens with zero attached hydrogens (tertiary/aromatic N) is 1. The fourth-order valence-corrected chi connectivity index (χ4v) is 4.53. The highest BCUT2D eigenvalue weighted by Gasteiger charge is 2.30. The largest absolute Gasteiger partial charge is 0.495 e. The highest BCUT2D eigenvalue weighted by molar-refractivity contribution is 7.89. The van der Waals surface area contributed by atoms with Crippen molar-refractivity contribution in [1.82, 2.24) is 9.62 Å². The lowest BCUT2D eigenvalue weighted by Gasteiger charge is -2.26. The van der Waals surface area contributed by atoms with Gasteiger partial charge in [0.25, 0.3) is 5.91 Å². The molecule has 29 heavy (non-hydrogen) atoms. The van der Waals surface area contributed by atoms with Crippen molar-refractivity contribution in [1.29, 1.82) is 0 Å². The van der Waals surface area contributed by atoms with E-state index in [2.05, 4.69) is 5.32 Å². The van der Waals surface area contributed by atoms with Crippen molar-refractivity contribution >= 4 is 15.9 Å². The van der Waals surface area contributed by atoms with E-state index >= 15 is 0 Å². The zero-order chi connectivity index (χ0) is 21.0. The van der Waals surface area contributed by atoms with E-state index in [0.717, 1.165) is 18.2 Å². The summed E-state index contributed by atoms with van der Waals surface area (Å²) in [5.41, 5.74) is 0.319. The molecule has 1 aliphatic rings. The molecule has 1 heterocycles. The number of hydrogen-bond donors (Lipinski definition) is 1. The Balaban J connectivity index is 1.82. The molecule has 0 saturated carbocycles. The Hall–Kier alpha value is -2.56. The summed E-state index contributed by atoms with van der Waals surface area (Å²) in [6.45, 7) is 0.850. The van der Waals surface area contributed by atoms with Gasteiger partial charge in [-0.15, -0.1) is 0 Å². The van der Waals surface area contributed by atoms with E-state index < -0.39 is 27.6 Å². The summed E-state index contributed by atoms with van der Waals surface area (Å²) in [4.78, 5) is 12.3. The molecule has 1 aliphatic heterocycles. The molecule has 0 unspecified atom stereocenters. The number of rotatable bonds is 6. The van der Waals surface area contributed by atoms with Crippen LogP contribution in [0.5, 0.6) is 5.75 Å². The first kappa shape index (κ1) is 21.2. The minimum Gasteiger partial charge on any atom is -0.495 e. The molecule has 0 aliphatic carbocycles. The van der Waals surface area contributed by atoms with Crippen LogP contribution < -0.4 is 10.1 Å². The number of hydrogen-bond acceptors (Lipinski definition) is 5. The van der Waals surface area contributed by atoms with Gasteiger partial charge in [0.2, 0.25) is 10.0 Å². The van der Waals surface area contributed by atoms with E-state index in [1.165, 1.54) is 29.6 Å². The Bertz CT molecular complexity index is 987. The maximum absolute atomic E-state index is 13.3. The van der Waals surface area contributed by atoms with Gasteiger partial charge in [-0.1, -0.05) is 0 Å². The van der Waals surface area contributed by atoms with Gasteiger partial charge in [-0.3, -0.25) is 4.79 Å².